The molecule has 0 radical (unpaired) electrons. The van der Waals surface area contributed by atoms with Crippen LogP contribution in [0, 0.1) is 12.8 Å². The Kier molecular flexibility index (Phi) is 5.89. The van der Waals surface area contributed by atoms with Crippen LogP contribution in [-0.2, 0) is 6.67 Å². The van der Waals surface area contributed by atoms with Crippen LogP contribution in [0.25, 0.3) is 11.3 Å². The molecule has 2 aromatic rings. The van der Waals surface area contributed by atoms with Crippen molar-refractivity contribution in [1.82, 2.24) is 9.97 Å². The molecule has 0 aliphatic rings. The average Bonchev–Trinajstić information content (AvgIpc) is 2.51. The van der Waals surface area contributed by atoms with E-state index < -0.39 is 12.2 Å². The molecule has 0 fully saturated rings. The Labute approximate surface area is 143 Å². The standard InChI is InChI=1S/C19H26FN3O/c1-13(2)10-19(4,21)12-24-18-6-5-16(23-17(18)11-20)15-7-8-22-14(3)9-15/h5-9,13H,10-12,21H2,1-4H3. The second-order valence-corrected chi connectivity index (χ2v) is 7.00. The number of ether oxygens (including phenoxy) is 1. The first-order valence-corrected chi connectivity index (χ1v) is 8.21. The van der Waals surface area contributed by atoms with E-state index in [1.165, 1.54) is 0 Å². The second kappa shape index (κ2) is 7.71. The van der Waals surface area contributed by atoms with E-state index >= 15 is 0 Å². The van der Waals surface area contributed by atoms with Crippen molar-refractivity contribution in [3.8, 4) is 17.0 Å². The maximum absolute atomic E-state index is 13.4. The van der Waals surface area contributed by atoms with Crippen LogP contribution in [0.1, 0.15) is 38.6 Å². The number of pyridine rings is 2. The Hall–Kier alpha value is -2.01. The summed E-state index contributed by atoms with van der Waals surface area (Å²) in [5.74, 6) is 0.923. The number of hydrogen-bond acceptors (Lipinski definition) is 4. The highest BCUT2D eigenvalue weighted by Crippen LogP contribution is 2.25. The van der Waals surface area contributed by atoms with Crippen molar-refractivity contribution >= 4 is 0 Å². The van der Waals surface area contributed by atoms with Crippen LogP contribution in [0.5, 0.6) is 5.75 Å². The molecular formula is C19H26FN3O. The summed E-state index contributed by atoms with van der Waals surface area (Å²) in [6.07, 6.45) is 2.55. The van der Waals surface area contributed by atoms with Gasteiger partial charge < -0.3 is 10.5 Å². The van der Waals surface area contributed by atoms with Crippen LogP contribution >= 0.6 is 0 Å². The summed E-state index contributed by atoms with van der Waals surface area (Å²) in [6.45, 7) is 7.74. The number of halogens is 1. The van der Waals surface area contributed by atoms with Crippen LogP contribution in [0.4, 0.5) is 4.39 Å². The monoisotopic (exact) mass is 331 g/mol. The normalized spacial score (nSPS) is 13.8. The third-order valence-electron chi connectivity index (χ3n) is 3.68. The zero-order valence-electron chi connectivity index (χ0n) is 14.8. The molecule has 5 heteroatoms. The Morgan fingerprint density at radius 1 is 1.29 bits per heavy atom. The zero-order valence-corrected chi connectivity index (χ0v) is 14.8. The first kappa shape index (κ1) is 18.3. The van der Waals surface area contributed by atoms with Gasteiger partial charge in [-0.3, -0.25) is 4.98 Å². The lowest BCUT2D eigenvalue weighted by Gasteiger charge is -2.27. The molecule has 0 spiro atoms. The van der Waals surface area contributed by atoms with Crippen LogP contribution in [-0.4, -0.2) is 22.1 Å². The molecule has 1 unspecified atom stereocenters. The lowest BCUT2D eigenvalue weighted by molar-refractivity contribution is 0.203. The lowest BCUT2D eigenvalue weighted by Crippen LogP contribution is -2.43. The quantitative estimate of drug-likeness (QED) is 0.831. The van der Waals surface area contributed by atoms with Crippen LogP contribution in [0.15, 0.2) is 30.5 Å². The highest BCUT2D eigenvalue weighted by Gasteiger charge is 2.22. The highest BCUT2D eigenvalue weighted by molar-refractivity contribution is 5.60. The number of aryl methyl sites for hydroxylation is 1. The van der Waals surface area contributed by atoms with Crippen molar-refractivity contribution in [1.29, 1.82) is 0 Å². The summed E-state index contributed by atoms with van der Waals surface area (Å²) in [5.41, 5.74) is 8.60. The predicted molar refractivity (Wildman–Crippen MR) is 94.6 cm³/mol. The number of aromatic nitrogens is 2. The minimum absolute atomic E-state index is 0.294. The number of rotatable bonds is 7. The van der Waals surface area contributed by atoms with Gasteiger partial charge in [0.15, 0.2) is 0 Å². The zero-order chi connectivity index (χ0) is 17.7. The molecular weight excluding hydrogens is 305 g/mol. The topological polar surface area (TPSA) is 61.0 Å². The van der Waals surface area contributed by atoms with Gasteiger partial charge in [0.2, 0.25) is 0 Å². The van der Waals surface area contributed by atoms with E-state index in [1.54, 1.807) is 12.3 Å². The Balaban J connectivity index is 2.17. The molecule has 0 saturated heterocycles. The molecule has 4 nitrogen and oxygen atoms in total. The number of nitrogens with zero attached hydrogens (tertiary/aromatic N) is 2. The Morgan fingerprint density at radius 3 is 2.67 bits per heavy atom. The van der Waals surface area contributed by atoms with E-state index in [4.69, 9.17) is 10.5 Å². The third-order valence-corrected chi connectivity index (χ3v) is 3.68. The molecule has 2 heterocycles. The molecule has 2 aromatic heterocycles. The van der Waals surface area contributed by atoms with Crippen LogP contribution in [0.2, 0.25) is 0 Å². The van der Waals surface area contributed by atoms with Gasteiger partial charge in [-0.1, -0.05) is 13.8 Å². The van der Waals surface area contributed by atoms with Crippen molar-refractivity contribution in [3.63, 3.8) is 0 Å². The van der Waals surface area contributed by atoms with Crippen molar-refractivity contribution in [2.75, 3.05) is 6.61 Å². The number of hydrogen-bond donors (Lipinski definition) is 1. The van der Waals surface area contributed by atoms with E-state index in [2.05, 4.69) is 23.8 Å². The summed E-state index contributed by atoms with van der Waals surface area (Å²) in [6, 6.07) is 7.37. The smallest absolute Gasteiger partial charge is 0.143 e. The van der Waals surface area contributed by atoms with Crippen LogP contribution in [0.3, 0.4) is 0 Å². The van der Waals surface area contributed by atoms with Gasteiger partial charge >= 0.3 is 0 Å². The van der Waals surface area contributed by atoms with Crippen molar-refractivity contribution in [2.24, 2.45) is 11.7 Å². The molecule has 130 valence electrons. The van der Waals surface area contributed by atoms with Gasteiger partial charge in [-0.15, -0.1) is 0 Å². The minimum atomic E-state index is -0.682. The number of nitrogens with two attached hydrogens (primary N) is 1. The highest BCUT2D eigenvalue weighted by atomic mass is 19.1. The van der Waals surface area contributed by atoms with Gasteiger partial charge in [0.25, 0.3) is 0 Å². The van der Waals surface area contributed by atoms with Gasteiger partial charge in [0, 0.05) is 23.0 Å². The molecule has 0 amide bonds. The Bertz CT molecular complexity index is 686. The fourth-order valence-corrected chi connectivity index (χ4v) is 2.82. The van der Waals surface area contributed by atoms with Crippen molar-refractivity contribution in [3.05, 3.63) is 41.9 Å². The summed E-state index contributed by atoms with van der Waals surface area (Å²) in [7, 11) is 0. The molecule has 0 saturated carbocycles. The van der Waals surface area contributed by atoms with Crippen molar-refractivity contribution in [2.45, 2.75) is 46.3 Å². The first-order valence-electron chi connectivity index (χ1n) is 8.21. The van der Waals surface area contributed by atoms with E-state index in [0.717, 1.165) is 17.7 Å². The molecule has 1 atom stereocenters. The second-order valence-electron chi connectivity index (χ2n) is 7.00. The van der Waals surface area contributed by atoms with E-state index in [1.807, 2.05) is 32.0 Å². The molecule has 24 heavy (non-hydrogen) atoms. The SMILES string of the molecule is Cc1cc(-c2ccc(OCC(C)(N)CC(C)C)c(CF)n2)ccn1. The van der Waals surface area contributed by atoms with E-state index in [9.17, 15) is 4.39 Å². The molecule has 0 aromatic carbocycles. The van der Waals surface area contributed by atoms with Crippen molar-refractivity contribution < 1.29 is 9.13 Å². The molecule has 2 rings (SSSR count). The number of alkyl halides is 1. The first-order chi connectivity index (χ1) is 11.3. The average molecular weight is 331 g/mol. The maximum Gasteiger partial charge on any atom is 0.143 e. The third kappa shape index (κ3) is 4.99. The minimum Gasteiger partial charge on any atom is -0.490 e. The summed E-state index contributed by atoms with van der Waals surface area (Å²) < 4.78 is 19.2. The summed E-state index contributed by atoms with van der Waals surface area (Å²) in [4.78, 5) is 8.56. The molecule has 2 N–H and O–H groups in total. The van der Waals surface area contributed by atoms with Gasteiger partial charge in [-0.25, -0.2) is 9.37 Å². The predicted octanol–water partition coefficient (Wildman–Crippen LogP) is 4.06. The summed E-state index contributed by atoms with van der Waals surface area (Å²) in [5, 5.41) is 0. The van der Waals surface area contributed by atoms with E-state index in [-0.39, 0.29) is 0 Å². The molecule has 0 aliphatic carbocycles. The Morgan fingerprint density at radius 2 is 2.04 bits per heavy atom. The van der Waals surface area contributed by atoms with E-state index in [0.29, 0.717) is 29.7 Å². The fraction of sp³-hybridized carbons (Fsp3) is 0.474. The van der Waals surface area contributed by atoms with Gasteiger partial charge in [0.05, 0.1) is 5.69 Å². The van der Waals surface area contributed by atoms with Crippen LogP contribution < -0.4 is 10.5 Å². The maximum atomic E-state index is 13.4. The summed E-state index contributed by atoms with van der Waals surface area (Å²) >= 11 is 0. The molecule has 0 aliphatic heterocycles. The van der Waals surface area contributed by atoms with Gasteiger partial charge in [0.1, 0.15) is 24.7 Å². The largest absolute Gasteiger partial charge is 0.490 e. The van der Waals surface area contributed by atoms with Gasteiger partial charge in [-0.05, 0) is 50.5 Å². The fourth-order valence-electron chi connectivity index (χ4n) is 2.82. The molecule has 0 bridgehead atoms. The lowest BCUT2D eigenvalue weighted by atomic mass is 9.93. The van der Waals surface area contributed by atoms with Gasteiger partial charge in [-0.2, -0.15) is 0 Å².